The molecule has 7 nitrogen and oxygen atoms in total. The van der Waals surface area contributed by atoms with Gasteiger partial charge >= 0.3 is 12.1 Å². The minimum atomic E-state index is -0.547. The van der Waals surface area contributed by atoms with Gasteiger partial charge in [-0.2, -0.15) is 0 Å². The first-order valence-corrected chi connectivity index (χ1v) is 8.26. The fraction of sp³-hybridized carbons (Fsp3) is 0.263. The number of hydrogen-bond acceptors (Lipinski definition) is 4. The molecule has 0 atom stereocenters. The topological polar surface area (TPSA) is 88.7 Å². The fourth-order valence-corrected chi connectivity index (χ4v) is 2.24. The molecule has 0 aliphatic carbocycles. The maximum absolute atomic E-state index is 12.1. The number of benzene rings is 2. The molecule has 138 valence electrons. The molecule has 3 amide bonds. The third-order valence-electron chi connectivity index (χ3n) is 3.59. The number of ether oxygens (including phenoxy) is 2. The molecule has 2 aromatic carbocycles. The third kappa shape index (κ3) is 6.10. The molecule has 0 radical (unpaired) electrons. The van der Waals surface area contributed by atoms with E-state index >= 15 is 0 Å². The van der Waals surface area contributed by atoms with Gasteiger partial charge < -0.3 is 20.1 Å². The fourth-order valence-electron chi connectivity index (χ4n) is 2.24. The first-order chi connectivity index (χ1) is 12.6. The molecule has 0 heterocycles. The molecule has 2 aromatic rings. The summed E-state index contributed by atoms with van der Waals surface area (Å²) < 4.78 is 9.96. The zero-order valence-corrected chi connectivity index (χ0v) is 14.9. The SMILES string of the molecule is CCOCc1ccccc1CNC(=O)Nc1ccc(NC(=O)OC)cc1. The van der Waals surface area contributed by atoms with E-state index in [0.717, 1.165) is 11.1 Å². The van der Waals surface area contributed by atoms with Gasteiger partial charge in [0.25, 0.3) is 0 Å². The maximum atomic E-state index is 12.1. The molecule has 26 heavy (non-hydrogen) atoms. The summed E-state index contributed by atoms with van der Waals surface area (Å²) in [5.74, 6) is 0. The molecular formula is C19H23N3O4. The molecule has 0 spiro atoms. The Hall–Kier alpha value is -3.06. The Morgan fingerprint density at radius 2 is 1.54 bits per heavy atom. The highest BCUT2D eigenvalue weighted by molar-refractivity contribution is 5.90. The molecule has 0 bridgehead atoms. The van der Waals surface area contributed by atoms with E-state index < -0.39 is 6.09 Å². The minimum Gasteiger partial charge on any atom is -0.453 e. The second-order valence-electron chi connectivity index (χ2n) is 5.41. The summed E-state index contributed by atoms with van der Waals surface area (Å²) in [5, 5.41) is 8.11. The van der Waals surface area contributed by atoms with Crippen LogP contribution < -0.4 is 16.0 Å². The number of nitrogens with one attached hydrogen (secondary N) is 3. The van der Waals surface area contributed by atoms with E-state index in [1.807, 2.05) is 31.2 Å². The number of methoxy groups -OCH3 is 1. The summed E-state index contributed by atoms with van der Waals surface area (Å²) in [7, 11) is 1.29. The highest BCUT2D eigenvalue weighted by Gasteiger charge is 2.06. The van der Waals surface area contributed by atoms with Crippen LogP contribution in [-0.4, -0.2) is 25.8 Å². The zero-order chi connectivity index (χ0) is 18.8. The smallest absolute Gasteiger partial charge is 0.411 e. The van der Waals surface area contributed by atoms with Crippen LogP contribution in [0.15, 0.2) is 48.5 Å². The van der Waals surface area contributed by atoms with E-state index in [9.17, 15) is 9.59 Å². The predicted molar refractivity (Wildman–Crippen MR) is 100 cm³/mol. The van der Waals surface area contributed by atoms with Crippen molar-refractivity contribution in [3.8, 4) is 0 Å². The van der Waals surface area contributed by atoms with Crippen LogP contribution in [0, 0.1) is 0 Å². The first kappa shape index (κ1) is 19.3. The van der Waals surface area contributed by atoms with Gasteiger partial charge in [-0.05, 0) is 42.3 Å². The molecule has 2 rings (SSSR count). The van der Waals surface area contributed by atoms with Crippen LogP contribution in [-0.2, 0) is 22.6 Å². The Bertz CT molecular complexity index is 732. The van der Waals surface area contributed by atoms with E-state index in [1.54, 1.807) is 24.3 Å². The standard InChI is InChI=1S/C19H23N3O4/c1-3-26-13-15-7-5-4-6-14(15)12-20-18(23)21-16-8-10-17(11-9-16)22-19(24)25-2/h4-11H,3,12-13H2,1-2H3,(H,22,24)(H2,20,21,23). The first-order valence-electron chi connectivity index (χ1n) is 8.26. The Balaban J connectivity index is 1.86. The summed E-state index contributed by atoms with van der Waals surface area (Å²) in [6, 6.07) is 14.2. The Morgan fingerprint density at radius 1 is 0.923 bits per heavy atom. The highest BCUT2D eigenvalue weighted by atomic mass is 16.5. The molecule has 0 aromatic heterocycles. The van der Waals surface area contributed by atoms with Crippen molar-refractivity contribution in [2.24, 2.45) is 0 Å². The van der Waals surface area contributed by atoms with Crippen LogP contribution in [0.4, 0.5) is 21.0 Å². The third-order valence-corrected chi connectivity index (χ3v) is 3.59. The summed E-state index contributed by atoms with van der Waals surface area (Å²) in [5.41, 5.74) is 3.25. The molecule has 3 N–H and O–H groups in total. The molecule has 7 heteroatoms. The largest absolute Gasteiger partial charge is 0.453 e. The molecular weight excluding hydrogens is 334 g/mol. The van der Waals surface area contributed by atoms with Crippen molar-refractivity contribution in [1.82, 2.24) is 5.32 Å². The summed E-state index contributed by atoms with van der Waals surface area (Å²) in [4.78, 5) is 23.2. The lowest BCUT2D eigenvalue weighted by atomic mass is 10.1. The van der Waals surface area contributed by atoms with E-state index in [0.29, 0.717) is 31.1 Å². The van der Waals surface area contributed by atoms with Crippen LogP contribution in [0.2, 0.25) is 0 Å². The van der Waals surface area contributed by atoms with E-state index in [1.165, 1.54) is 7.11 Å². The number of anilines is 2. The van der Waals surface area contributed by atoms with Crippen LogP contribution >= 0.6 is 0 Å². The predicted octanol–water partition coefficient (Wildman–Crippen LogP) is 3.72. The van der Waals surface area contributed by atoms with E-state index in [4.69, 9.17) is 4.74 Å². The average Bonchev–Trinajstić information content (AvgIpc) is 2.66. The molecule has 0 unspecified atom stereocenters. The lowest BCUT2D eigenvalue weighted by Gasteiger charge is -2.12. The Labute approximate surface area is 152 Å². The van der Waals surface area contributed by atoms with Gasteiger partial charge in [-0.15, -0.1) is 0 Å². The van der Waals surface area contributed by atoms with E-state index in [-0.39, 0.29) is 6.03 Å². The van der Waals surface area contributed by atoms with Gasteiger partial charge in [-0.1, -0.05) is 24.3 Å². The van der Waals surface area contributed by atoms with Gasteiger partial charge in [0, 0.05) is 24.5 Å². The van der Waals surface area contributed by atoms with Gasteiger partial charge in [-0.3, -0.25) is 5.32 Å². The number of hydrogen-bond donors (Lipinski definition) is 3. The van der Waals surface area contributed by atoms with Crippen LogP contribution in [0.3, 0.4) is 0 Å². The lowest BCUT2D eigenvalue weighted by molar-refractivity contribution is 0.133. The maximum Gasteiger partial charge on any atom is 0.411 e. The number of carbonyl (C=O) groups excluding carboxylic acids is 2. The molecule has 0 aliphatic heterocycles. The quantitative estimate of drug-likeness (QED) is 0.704. The van der Waals surface area contributed by atoms with Gasteiger partial charge in [0.1, 0.15) is 0 Å². The second-order valence-corrected chi connectivity index (χ2v) is 5.41. The zero-order valence-electron chi connectivity index (χ0n) is 14.9. The van der Waals surface area contributed by atoms with Gasteiger partial charge in [0.2, 0.25) is 0 Å². The van der Waals surface area contributed by atoms with Crippen molar-refractivity contribution in [2.45, 2.75) is 20.1 Å². The minimum absolute atomic E-state index is 0.315. The van der Waals surface area contributed by atoms with E-state index in [2.05, 4.69) is 20.7 Å². The second kappa shape index (κ2) is 10.0. The Morgan fingerprint density at radius 3 is 2.15 bits per heavy atom. The van der Waals surface area contributed by atoms with Crippen LogP contribution in [0.25, 0.3) is 0 Å². The normalized spacial score (nSPS) is 10.1. The van der Waals surface area contributed by atoms with Gasteiger partial charge in [0.05, 0.1) is 13.7 Å². The Kier molecular flexibility index (Phi) is 7.45. The molecule has 0 saturated carbocycles. The van der Waals surface area contributed by atoms with Gasteiger partial charge in [-0.25, -0.2) is 9.59 Å². The monoisotopic (exact) mass is 357 g/mol. The van der Waals surface area contributed by atoms with Crippen LogP contribution in [0.1, 0.15) is 18.1 Å². The van der Waals surface area contributed by atoms with Crippen molar-refractivity contribution < 1.29 is 19.1 Å². The average molecular weight is 357 g/mol. The number of amides is 3. The summed E-state index contributed by atoms with van der Waals surface area (Å²) in [6.45, 7) is 3.51. The van der Waals surface area contributed by atoms with Crippen molar-refractivity contribution in [3.05, 3.63) is 59.7 Å². The number of rotatable bonds is 7. The highest BCUT2D eigenvalue weighted by Crippen LogP contribution is 2.14. The summed E-state index contributed by atoms with van der Waals surface area (Å²) >= 11 is 0. The lowest BCUT2D eigenvalue weighted by Crippen LogP contribution is -2.28. The van der Waals surface area contributed by atoms with Crippen molar-refractivity contribution in [2.75, 3.05) is 24.4 Å². The van der Waals surface area contributed by atoms with Gasteiger partial charge in [0.15, 0.2) is 0 Å². The molecule has 0 aliphatic rings. The van der Waals surface area contributed by atoms with Crippen molar-refractivity contribution >= 4 is 23.5 Å². The number of urea groups is 1. The number of carbonyl (C=O) groups is 2. The van der Waals surface area contributed by atoms with Crippen molar-refractivity contribution in [1.29, 1.82) is 0 Å². The van der Waals surface area contributed by atoms with Crippen LogP contribution in [0.5, 0.6) is 0 Å². The molecule has 0 saturated heterocycles. The molecule has 0 fully saturated rings. The summed E-state index contributed by atoms with van der Waals surface area (Å²) in [6.07, 6.45) is -0.547. The van der Waals surface area contributed by atoms with Crippen molar-refractivity contribution in [3.63, 3.8) is 0 Å².